The van der Waals surface area contributed by atoms with Gasteiger partial charge in [-0.1, -0.05) is 0 Å². The summed E-state index contributed by atoms with van der Waals surface area (Å²) >= 11 is 0. The molecule has 2 heterocycles. The number of anilines is 1. The minimum absolute atomic E-state index is 0.0550. The van der Waals surface area contributed by atoms with E-state index < -0.39 is 0 Å². The molecule has 2 amide bonds. The van der Waals surface area contributed by atoms with Gasteiger partial charge in [0.1, 0.15) is 12.1 Å². The van der Waals surface area contributed by atoms with Crippen LogP contribution in [0.15, 0.2) is 0 Å². The van der Waals surface area contributed by atoms with Crippen molar-refractivity contribution < 1.29 is 9.59 Å². The Morgan fingerprint density at radius 3 is 2.78 bits per heavy atom. The first-order valence-corrected chi connectivity index (χ1v) is 5.84. The van der Waals surface area contributed by atoms with Crippen LogP contribution < -0.4 is 5.73 Å². The number of amides is 2. The Morgan fingerprint density at radius 1 is 1.44 bits per heavy atom. The van der Waals surface area contributed by atoms with Crippen LogP contribution in [0.25, 0.3) is 0 Å². The van der Waals surface area contributed by atoms with Crippen LogP contribution in [-0.4, -0.2) is 58.5 Å². The summed E-state index contributed by atoms with van der Waals surface area (Å²) in [7, 11) is 1.74. The maximum absolute atomic E-state index is 12.3. The highest BCUT2D eigenvalue weighted by Crippen LogP contribution is 2.16. The highest BCUT2D eigenvalue weighted by Gasteiger charge is 2.27. The van der Waals surface area contributed by atoms with Gasteiger partial charge in [-0.15, -0.1) is 0 Å². The maximum Gasteiger partial charge on any atom is 0.259 e. The summed E-state index contributed by atoms with van der Waals surface area (Å²) in [4.78, 5) is 27.2. The van der Waals surface area contributed by atoms with Gasteiger partial charge >= 0.3 is 0 Å². The molecular weight excluding hydrogens is 234 g/mol. The zero-order valence-corrected chi connectivity index (χ0v) is 10.6. The van der Waals surface area contributed by atoms with E-state index in [-0.39, 0.29) is 24.2 Å². The molecule has 0 aromatic carbocycles. The third kappa shape index (κ3) is 2.15. The summed E-state index contributed by atoms with van der Waals surface area (Å²) in [6, 6.07) is 0. The SMILES string of the molecule is Cc1[nH]nc(N)c1C(=O)N1CCCN(C)C(=O)C1. The molecule has 7 heteroatoms. The number of carbonyl (C=O) groups excluding carboxylic acids is 2. The van der Waals surface area contributed by atoms with Crippen LogP contribution >= 0.6 is 0 Å². The zero-order valence-electron chi connectivity index (χ0n) is 10.6. The lowest BCUT2D eigenvalue weighted by Crippen LogP contribution is -2.38. The average Bonchev–Trinajstić information content (AvgIpc) is 2.56. The Morgan fingerprint density at radius 2 is 2.17 bits per heavy atom. The molecule has 1 aromatic rings. The summed E-state index contributed by atoms with van der Waals surface area (Å²) in [6.07, 6.45) is 0.769. The Hall–Kier alpha value is -2.05. The van der Waals surface area contributed by atoms with Crippen molar-refractivity contribution in [3.8, 4) is 0 Å². The standard InChI is InChI=1S/C11H17N5O2/c1-7-9(10(12)14-13-7)11(18)16-5-3-4-15(2)8(17)6-16/h3-6H2,1-2H3,(H3,12,13,14). The zero-order chi connectivity index (χ0) is 13.3. The predicted octanol–water partition coefficient (Wildman–Crippen LogP) is -0.395. The van der Waals surface area contributed by atoms with Crippen LogP contribution in [0.5, 0.6) is 0 Å². The van der Waals surface area contributed by atoms with Gasteiger partial charge in [-0.3, -0.25) is 14.7 Å². The summed E-state index contributed by atoms with van der Waals surface area (Å²) < 4.78 is 0. The smallest absolute Gasteiger partial charge is 0.259 e. The monoisotopic (exact) mass is 251 g/mol. The first-order valence-electron chi connectivity index (χ1n) is 5.84. The van der Waals surface area contributed by atoms with E-state index in [1.807, 2.05) is 0 Å². The van der Waals surface area contributed by atoms with E-state index >= 15 is 0 Å². The van der Waals surface area contributed by atoms with Crippen molar-refractivity contribution in [2.75, 3.05) is 32.4 Å². The second kappa shape index (κ2) is 4.67. The van der Waals surface area contributed by atoms with E-state index in [0.29, 0.717) is 24.3 Å². The molecule has 1 saturated heterocycles. The lowest BCUT2D eigenvalue weighted by Gasteiger charge is -2.19. The molecule has 18 heavy (non-hydrogen) atoms. The molecule has 2 rings (SSSR count). The largest absolute Gasteiger partial charge is 0.382 e. The summed E-state index contributed by atoms with van der Waals surface area (Å²) in [6.45, 7) is 3.06. The number of nitrogens with one attached hydrogen (secondary N) is 1. The molecule has 0 saturated carbocycles. The molecule has 0 bridgehead atoms. The number of rotatable bonds is 1. The number of aryl methyl sites for hydroxylation is 1. The number of carbonyl (C=O) groups is 2. The summed E-state index contributed by atoms with van der Waals surface area (Å²) in [5.74, 6) is -0.106. The quantitative estimate of drug-likeness (QED) is 0.710. The van der Waals surface area contributed by atoms with Crippen molar-refractivity contribution in [3.63, 3.8) is 0 Å². The third-order valence-corrected chi connectivity index (χ3v) is 3.15. The number of nitrogens with zero attached hydrogens (tertiary/aromatic N) is 3. The number of nitrogens with two attached hydrogens (primary N) is 1. The molecule has 0 atom stereocenters. The van der Waals surface area contributed by atoms with Crippen molar-refractivity contribution in [3.05, 3.63) is 11.3 Å². The number of aromatic nitrogens is 2. The first kappa shape index (κ1) is 12.4. The molecule has 0 radical (unpaired) electrons. The lowest BCUT2D eigenvalue weighted by atomic mass is 10.2. The molecule has 3 N–H and O–H groups in total. The molecule has 1 fully saturated rings. The highest BCUT2D eigenvalue weighted by atomic mass is 16.2. The van der Waals surface area contributed by atoms with E-state index in [2.05, 4.69) is 10.2 Å². The second-order valence-electron chi connectivity index (χ2n) is 4.50. The van der Waals surface area contributed by atoms with Crippen LogP contribution in [-0.2, 0) is 4.79 Å². The molecule has 1 aliphatic heterocycles. The lowest BCUT2D eigenvalue weighted by molar-refractivity contribution is -0.129. The maximum atomic E-state index is 12.3. The minimum atomic E-state index is -0.234. The van der Waals surface area contributed by atoms with E-state index in [0.717, 1.165) is 6.42 Å². The number of H-pyrrole nitrogens is 1. The Bertz CT molecular complexity index is 462. The Balaban J connectivity index is 2.21. The van der Waals surface area contributed by atoms with Crippen molar-refractivity contribution >= 4 is 17.6 Å². The summed E-state index contributed by atoms with van der Waals surface area (Å²) in [5, 5.41) is 6.47. The predicted molar refractivity (Wildman–Crippen MR) is 65.9 cm³/mol. The van der Waals surface area contributed by atoms with Gasteiger partial charge < -0.3 is 15.5 Å². The van der Waals surface area contributed by atoms with Crippen molar-refractivity contribution in [1.29, 1.82) is 0 Å². The van der Waals surface area contributed by atoms with Gasteiger partial charge in [0.25, 0.3) is 5.91 Å². The van der Waals surface area contributed by atoms with Crippen LogP contribution in [0.3, 0.4) is 0 Å². The average molecular weight is 251 g/mol. The Kier molecular flexibility index (Phi) is 3.22. The van der Waals surface area contributed by atoms with Crippen molar-refractivity contribution in [2.24, 2.45) is 0 Å². The molecule has 1 aliphatic rings. The number of hydrogen-bond acceptors (Lipinski definition) is 4. The molecular formula is C11H17N5O2. The third-order valence-electron chi connectivity index (χ3n) is 3.15. The first-order chi connectivity index (χ1) is 8.50. The van der Waals surface area contributed by atoms with Gasteiger partial charge in [0.2, 0.25) is 5.91 Å². The number of likely N-dealkylation sites (N-methyl/N-ethyl adjacent to an activating group) is 1. The van der Waals surface area contributed by atoms with Gasteiger partial charge in [-0.2, -0.15) is 5.10 Å². The van der Waals surface area contributed by atoms with E-state index in [1.165, 1.54) is 4.90 Å². The van der Waals surface area contributed by atoms with Gasteiger partial charge in [-0.25, -0.2) is 0 Å². The van der Waals surface area contributed by atoms with Crippen LogP contribution in [0, 0.1) is 6.92 Å². The highest BCUT2D eigenvalue weighted by molar-refractivity contribution is 6.01. The van der Waals surface area contributed by atoms with Gasteiger partial charge in [-0.05, 0) is 13.3 Å². The topological polar surface area (TPSA) is 95.3 Å². The van der Waals surface area contributed by atoms with Crippen LogP contribution in [0.1, 0.15) is 22.5 Å². The van der Waals surface area contributed by atoms with E-state index in [4.69, 9.17) is 5.73 Å². The molecule has 7 nitrogen and oxygen atoms in total. The van der Waals surface area contributed by atoms with Crippen LogP contribution in [0.4, 0.5) is 5.82 Å². The van der Waals surface area contributed by atoms with Crippen LogP contribution in [0.2, 0.25) is 0 Å². The van der Waals surface area contributed by atoms with Gasteiger partial charge in [0.15, 0.2) is 5.82 Å². The summed E-state index contributed by atoms with van der Waals surface area (Å²) in [5.41, 5.74) is 6.66. The minimum Gasteiger partial charge on any atom is -0.382 e. The fourth-order valence-corrected chi connectivity index (χ4v) is 2.04. The Labute approximate surface area is 105 Å². The van der Waals surface area contributed by atoms with E-state index in [9.17, 15) is 9.59 Å². The second-order valence-corrected chi connectivity index (χ2v) is 4.50. The molecule has 0 aliphatic carbocycles. The molecule has 0 unspecified atom stereocenters. The van der Waals surface area contributed by atoms with Gasteiger partial charge in [0.05, 0.1) is 0 Å². The number of nitrogen functional groups attached to an aromatic ring is 1. The number of aromatic amines is 1. The normalized spacial score (nSPS) is 16.9. The number of hydrogen-bond donors (Lipinski definition) is 2. The van der Waals surface area contributed by atoms with Crippen molar-refractivity contribution in [1.82, 2.24) is 20.0 Å². The fourth-order valence-electron chi connectivity index (χ4n) is 2.04. The van der Waals surface area contributed by atoms with Gasteiger partial charge in [0, 0.05) is 25.8 Å². The molecule has 1 aromatic heterocycles. The van der Waals surface area contributed by atoms with E-state index in [1.54, 1.807) is 18.9 Å². The molecule has 98 valence electrons. The molecule has 0 spiro atoms. The van der Waals surface area contributed by atoms with Crippen molar-refractivity contribution in [2.45, 2.75) is 13.3 Å². The fraction of sp³-hybridized carbons (Fsp3) is 0.545.